The molecular weight excluding hydrogens is 352 g/mol. The van der Waals surface area contributed by atoms with Crippen molar-refractivity contribution in [1.29, 1.82) is 0 Å². The van der Waals surface area contributed by atoms with Crippen molar-refractivity contribution in [3.05, 3.63) is 0 Å². The summed E-state index contributed by atoms with van der Waals surface area (Å²) in [6.07, 6.45) is 6.04. The zero-order valence-corrected chi connectivity index (χ0v) is 18.8. The monoisotopic (exact) mass is 390 g/mol. The van der Waals surface area contributed by atoms with Crippen molar-refractivity contribution in [2.24, 2.45) is 5.92 Å². The molecule has 2 fully saturated rings. The molecule has 2 rings (SSSR count). The number of fused-ring (bicyclic) bond motifs is 1. The van der Waals surface area contributed by atoms with Gasteiger partial charge in [-0.25, -0.2) is 0 Å². The minimum atomic E-state index is -2.33. The first-order valence-corrected chi connectivity index (χ1v) is 15.0. The van der Waals surface area contributed by atoms with Crippen molar-refractivity contribution < 1.29 is 22.4 Å². The molecule has 5 nitrogen and oxygen atoms in total. The van der Waals surface area contributed by atoms with E-state index in [1.807, 2.05) is 13.8 Å². The molecule has 25 heavy (non-hydrogen) atoms. The first-order chi connectivity index (χ1) is 12.0. The molecule has 1 saturated heterocycles. The van der Waals surface area contributed by atoms with Gasteiger partial charge in [-0.3, -0.25) is 0 Å². The van der Waals surface area contributed by atoms with Crippen LogP contribution in [0.25, 0.3) is 0 Å². The summed E-state index contributed by atoms with van der Waals surface area (Å²) >= 11 is 0. The van der Waals surface area contributed by atoms with E-state index in [1.165, 1.54) is 25.7 Å². The summed E-state index contributed by atoms with van der Waals surface area (Å²) in [7, 11) is -4.59. The molecule has 1 heterocycles. The van der Waals surface area contributed by atoms with Crippen LogP contribution < -0.4 is 0 Å². The number of hydrogen-bond acceptors (Lipinski definition) is 5. The maximum atomic E-state index is 6.35. The Bertz CT molecular complexity index is 384. The van der Waals surface area contributed by atoms with Crippen molar-refractivity contribution in [3.8, 4) is 0 Å². The Hall–Kier alpha value is 0.234. The van der Waals surface area contributed by atoms with Gasteiger partial charge >= 0.3 is 17.1 Å². The first-order valence-electron chi connectivity index (χ1n) is 10.2. The molecule has 0 bridgehead atoms. The third-order valence-electron chi connectivity index (χ3n) is 5.35. The van der Waals surface area contributed by atoms with Gasteiger partial charge in [0.2, 0.25) is 0 Å². The minimum Gasteiger partial charge on any atom is -0.395 e. The molecule has 0 amide bonds. The van der Waals surface area contributed by atoms with E-state index in [2.05, 4.69) is 20.4 Å². The molecule has 148 valence electrons. The van der Waals surface area contributed by atoms with E-state index in [-0.39, 0.29) is 0 Å². The lowest BCUT2D eigenvalue weighted by Gasteiger charge is -2.37. The maximum absolute atomic E-state index is 6.35. The third kappa shape index (κ3) is 6.41. The fourth-order valence-corrected chi connectivity index (χ4v) is 14.2. The highest BCUT2D eigenvalue weighted by molar-refractivity contribution is 6.85. The second-order valence-corrected chi connectivity index (χ2v) is 14.5. The quantitative estimate of drug-likeness (QED) is 0.349. The fraction of sp³-hybridized carbons (Fsp3) is 1.00. The molecule has 2 aliphatic rings. The van der Waals surface area contributed by atoms with Crippen molar-refractivity contribution >= 4 is 17.1 Å². The lowest BCUT2D eigenvalue weighted by atomic mass is 9.88. The largest absolute Gasteiger partial charge is 0.395 e. The van der Waals surface area contributed by atoms with Gasteiger partial charge < -0.3 is 22.4 Å². The van der Waals surface area contributed by atoms with Gasteiger partial charge in [0, 0.05) is 32.1 Å². The lowest BCUT2D eigenvalue weighted by Crippen LogP contribution is -2.53. The van der Waals surface area contributed by atoms with Gasteiger partial charge in [-0.1, -0.05) is 0 Å². The second kappa shape index (κ2) is 9.96. The summed E-state index contributed by atoms with van der Waals surface area (Å²) in [5.41, 5.74) is 0.860. The molecule has 1 aliphatic heterocycles. The van der Waals surface area contributed by atoms with Crippen LogP contribution in [-0.2, 0) is 22.4 Å². The van der Waals surface area contributed by atoms with Crippen LogP contribution >= 0.6 is 0 Å². The molecule has 0 N–H and O–H groups in total. The fourth-order valence-electron chi connectivity index (χ4n) is 4.32. The Morgan fingerprint density at radius 1 is 0.840 bits per heavy atom. The average molecular weight is 391 g/mol. The lowest BCUT2D eigenvalue weighted by molar-refractivity contribution is 0.163. The van der Waals surface area contributed by atoms with Crippen LogP contribution in [0.15, 0.2) is 0 Å². The molecule has 0 aromatic carbocycles. The summed E-state index contributed by atoms with van der Waals surface area (Å²) in [4.78, 5) is 0. The van der Waals surface area contributed by atoms with Crippen LogP contribution in [0.5, 0.6) is 0 Å². The maximum Gasteiger partial charge on any atom is 0.340 e. The predicted molar refractivity (Wildman–Crippen MR) is 104 cm³/mol. The van der Waals surface area contributed by atoms with Gasteiger partial charge in [0.15, 0.2) is 0 Å². The Morgan fingerprint density at radius 3 is 1.96 bits per heavy atom. The van der Waals surface area contributed by atoms with Crippen LogP contribution in [0.4, 0.5) is 0 Å². The molecule has 7 heteroatoms. The normalized spacial score (nSPS) is 26.5. The summed E-state index contributed by atoms with van der Waals surface area (Å²) in [6, 6.07) is 1.04. The molecule has 0 aromatic heterocycles. The van der Waals surface area contributed by atoms with E-state index in [9.17, 15) is 0 Å². The van der Waals surface area contributed by atoms with E-state index in [0.29, 0.717) is 38.6 Å². The zero-order chi connectivity index (χ0) is 18.3. The van der Waals surface area contributed by atoms with Crippen molar-refractivity contribution in [3.63, 3.8) is 0 Å². The van der Waals surface area contributed by atoms with Crippen LogP contribution in [0.3, 0.4) is 0 Å². The average Bonchev–Trinajstić information content (AvgIpc) is 3.32. The minimum absolute atomic E-state index is 0.542. The number of hydrogen-bond donors (Lipinski definition) is 0. The SMILES string of the molecule is CCO[Si](C)(C[Si](CCC1CCC2OC2C1)(OCC)OCC)OCC. The Morgan fingerprint density at radius 2 is 1.44 bits per heavy atom. The molecule has 3 unspecified atom stereocenters. The van der Waals surface area contributed by atoms with E-state index in [1.54, 1.807) is 0 Å². The highest BCUT2D eigenvalue weighted by Crippen LogP contribution is 2.42. The Labute approximate surface area is 156 Å². The molecule has 3 atom stereocenters. The smallest absolute Gasteiger partial charge is 0.340 e. The molecule has 0 aromatic rings. The van der Waals surface area contributed by atoms with Crippen molar-refractivity contribution in [1.82, 2.24) is 0 Å². The topological polar surface area (TPSA) is 49.5 Å². The van der Waals surface area contributed by atoms with Crippen molar-refractivity contribution in [2.75, 3.05) is 26.4 Å². The summed E-state index contributed by atoms with van der Waals surface area (Å²) in [6.45, 7) is 13.2. The highest BCUT2D eigenvalue weighted by Gasteiger charge is 2.49. The summed E-state index contributed by atoms with van der Waals surface area (Å²) in [5.74, 6) is 0.753. The van der Waals surface area contributed by atoms with Gasteiger partial charge in [0.1, 0.15) is 0 Å². The standard InChI is InChI=1S/C18H38O5Si2/c1-6-19-24(5,20-7-2)15-25(21-8-3,22-9-4)13-12-16-10-11-17-18(14-16)23-17/h16-18H,6-15H2,1-5H3. The van der Waals surface area contributed by atoms with Gasteiger partial charge in [-0.05, 0) is 71.9 Å². The predicted octanol–water partition coefficient (Wildman–Crippen LogP) is 4.14. The van der Waals surface area contributed by atoms with Gasteiger partial charge in [0.25, 0.3) is 0 Å². The van der Waals surface area contributed by atoms with Crippen LogP contribution in [-0.4, -0.2) is 55.8 Å². The summed E-state index contributed by atoms with van der Waals surface area (Å²) in [5, 5.41) is 0. The van der Waals surface area contributed by atoms with Gasteiger partial charge in [0.05, 0.1) is 12.2 Å². The molecule has 0 radical (unpaired) electrons. The third-order valence-corrected chi connectivity index (χ3v) is 14.6. The van der Waals surface area contributed by atoms with E-state index in [0.717, 1.165) is 17.6 Å². The molecule has 1 aliphatic carbocycles. The Balaban J connectivity index is 2.02. The molecular formula is C18H38O5Si2. The van der Waals surface area contributed by atoms with E-state index < -0.39 is 17.1 Å². The van der Waals surface area contributed by atoms with E-state index >= 15 is 0 Å². The van der Waals surface area contributed by atoms with Gasteiger partial charge in [-0.15, -0.1) is 0 Å². The number of ether oxygens (including phenoxy) is 1. The summed E-state index contributed by atoms with van der Waals surface area (Å²) < 4.78 is 30.6. The van der Waals surface area contributed by atoms with Crippen LogP contribution in [0.2, 0.25) is 18.3 Å². The number of rotatable bonds is 13. The molecule has 0 spiro atoms. The van der Waals surface area contributed by atoms with Crippen LogP contribution in [0, 0.1) is 5.92 Å². The number of epoxide rings is 1. The highest BCUT2D eigenvalue weighted by atomic mass is 28.4. The van der Waals surface area contributed by atoms with Crippen LogP contribution in [0.1, 0.15) is 53.4 Å². The second-order valence-electron chi connectivity index (χ2n) is 7.38. The first kappa shape index (κ1) is 21.5. The Kier molecular flexibility index (Phi) is 8.58. The molecule has 1 saturated carbocycles. The van der Waals surface area contributed by atoms with Crippen molar-refractivity contribution in [2.45, 2.75) is 83.8 Å². The van der Waals surface area contributed by atoms with E-state index in [4.69, 9.17) is 22.4 Å². The zero-order valence-electron chi connectivity index (χ0n) is 16.8. The van der Waals surface area contributed by atoms with Gasteiger partial charge in [-0.2, -0.15) is 0 Å².